The molecule has 2 fully saturated rings. The molecule has 7 heteroatoms. The standard InChI is InChI=1S/C23H27Cl2N3O2/c24-20-7-6-17(15-21(20)25)16-30-18-8-13-27(14-9-18)22-19(5-4-10-26-22)23(29)28-11-2-1-3-12-28/h4-7,10,15,18H,1-3,8-9,11-14,16H2. The number of likely N-dealkylation sites (tertiary alicyclic amines) is 1. The minimum Gasteiger partial charge on any atom is -0.373 e. The molecule has 2 saturated heterocycles. The Labute approximate surface area is 187 Å². The van der Waals surface area contributed by atoms with Gasteiger partial charge in [-0.2, -0.15) is 0 Å². The lowest BCUT2D eigenvalue weighted by molar-refractivity contribution is 0.0250. The summed E-state index contributed by atoms with van der Waals surface area (Å²) >= 11 is 12.1. The molecule has 3 heterocycles. The lowest BCUT2D eigenvalue weighted by Crippen LogP contribution is -2.40. The first-order valence-corrected chi connectivity index (χ1v) is 11.4. The summed E-state index contributed by atoms with van der Waals surface area (Å²) in [5, 5.41) is 1.10. The van der Waals surface area contributed by atoms with Crippen LogP contribution in [0, 0.1) is 0 Å². The number of rotatable bonds is 5. The largest absolute Gasteiger partial charge is 0.373 e. The smallest absolute Gasteiger partial charge is 0.257 e. The number of benzene rings is 1. The second-order valence-corrected chi connectivity index (χ2v) is 8.79. The van der Waals surface area contributed by atoms with E-state index in [2.05, 4.69) is 9.88 Å². The molecule has 5 nitrogen and oxygen atoms in total. The van der Waals surface area contributed by atoms with Gasteiger partial charge in [0, 0.05) is 32.4 Å². The van der Waals surface area contributed by atoms with E-state index >= 15 is 0 Å². The fraction of sp³-hybridized carbons (Fsp3) is 0.478. The molecule has 2 aliphatic rings. The molecule has 0 radical (unpaired) electrons. The van der Waals surface area contributed by atoms with Crippen molar-refractivity contribution in [3.63, 3.8) is 0 Å². The number of ether oxygens (including phenoxy) is 1. The van der Waals surface area contributed by atoms with Crippen LogP contribution in [0.15, 0.2) is 36.5 Å². The van der Waals surface area contributed by atoms with Gasteiger partial charge in [-0.25, -0.2) is 4.98 Å². The van der Waals surface area contributed by atoms with E-state index in [0.29, 0.717) is 16.7 Å². The summed E-state index contributed by atoms with van der Waals surface area (Å²) in [7, 11) is 0. The minimum atomic E-state index is 0.107. The SMILES string of the molecule is O=C(c1cccnc1N1CCC(OCc2ccc(Cl)c(Cl)c2)CC1)N1CCCCC1. The van der Waals surface area contributed by atoms with E-state index in [-0.39, 0.29) is 12.0 Å². The maximum atomic E-state index is 13.1. The van der Waals surface area contributed by atoms with E-state index in [9.17, 15) is 4.79 Å². The Bertz CT molecular complexity index is 879. The lowest BCUT2D eigenvalue weighted by atomic mass is 10.1. The van der Waals surface area contributed by atoms with Crippen molar-refractivity contribution in [3.05, 3.63) is 57.7 Å². The first-order chi connectivity index (χ1) is 14.6. The summed E-state index contributed by atoms with van der Waals surface area (Å²) < 4.78 is 6.10. The van der Waals surface area contributed by atoms with Gasteiger partial charge in [0.2, 0.25) is 0 Å². The van der Waals surface area contributed by atoms with Crippen molar-refractivity contribution in [3.8, 4) is 0 Å². The molecule has 0 N–H and O–H groups in total. The number of piperidine rings is 2. The first-order valence-electron chi connectivity index (χ1n) is 10.7. The van der Waals surface area contributed by atoms with Crippen molar-refractivity contribution in [1.29, 1.82) is 0 Å². The van der Waals surface area contributed by atoms with Gasteiger partial charge in [0.15, 0.2) is 0 Å². The summed E-state index contributed by atoms with van der Waals surface area (Å²) in [5.74, 6) is 0.909. The molecule has 4 rings (SSSR count). The minimum absolute atomic E-state index is 0.107. The average molecular weight is 448 g/mol. The zero-order valence-corrected chi connectivity index (χ0v) is 18.5. The highest BCUT2D eigenvalue weighted by molar-refractivity contribution is 6.42. The molecular formula is C23H27Cl2N3O2. The zero-order valence-electron chi connectivity index (χ0n) is 17.0. The highest BCUT2D eigenvalue weighted by atomic mass is 35.5. The number of hydrogen-bond acceptors (Lipinski definition) is 4. The van der Waals surface area contributed by atoms with Gasteiger partial charge in [-0.3, -0.25) is 4.79 Å². The summed E-state index contributed by atoms with van der Waals surface area (Å²) in [6.45, 7) is 3.85. The summed E-state index contributed by atoms with van der Waals surface area (Å²) in [5.41, 5.74) is 1.74. The molecule has 1 amide bonds. The fourth-order valence-corrected chi connectivity index (χ4v) is 4.48. The number of hydrogen-bond donors (Lipinski definition) is 0. The van der Waals surface area contributed by atoms with Gasteiger partial charge in [-0.1, -0.05) is 29.3 Å². The molecule has 2 aliphatic heterocycles. The number of anilines is 1. The van der Waals surface area contributed by atoms with Crippen molar-refractivity contribution in [2.45, 2.75) is 44.8 Å². The van der Waals surface area contributed by atoms with E-state index in [1.807, 2.05) is 29.2 Å². The maximum absolute atomic E-state index is 13.1. The van der Waals surface area contributed by atoms with Gasteiger partial charge in [0.25, 0.3) is 5.91 Å². The maximum Gasteiger partial charge on any atom is 0.257 e. The second kappa shape index (κ2) is 9.99. The molecule has 0 atom stereocenters. The molecule has 0 unspecified atom stereocenters. The van der Waals surface area contributed by atoms with Gasteiger partial charge in [-0.05, 0) is 61.9 Å². The molecule has 160 valence electrons. The van der Waals surface area contributed by atoms with Crippen LogP contribution in [0.25, 0.3) is 0 Å². The third-order valence-electron chi connectivity index (χ3n) is 5.87. The average Bonchev–Trinajstić information content (AvgIpc) is 2.80. The van der Waals surface area contributed by atoms with Gasteiger partial charge < -0.3 is 14.5 Å². The number of pyridine rings is 1. The van der Waals surface area contributed by atoms with Crippen LogP contribution in [0.2, 0.25) is 10.0 Å². The van der Waals surface area contributed by atoms with Crippen LogP contribution >= 0.6 is 23.2 Å². The van der Waals surface area contributed by atoms with Crippen molar-refractivity contribution >= 4 is 34.9 Å². The summed E-state index contributed by atoms with van der Waals surface area (Å²) in [4.78, 5) is 21.8. The molecule has 0 bridgehead atoms. The van der Waals surface area contributed by atoms with Crippen molar-refractivity contribution in [2.24, 2.45) is 0 Å². The van der Waals surface area contributed by atoms with E-state index in [4.69, 9.17) is 27.9 Å². The van der Waals surface area contributed by atoms with Crippen LogP contribution in [-0.4, -0.2) is 48.1 Å². The number of amides is 1. The number of carbonyl (C=O) groups excluding carboxylic acids is 1. The van der Waals surface area contributed by atoms with Crippen LogP contribution in [0.4, 0.5) is 5.82 Å². The number of nitrogens with zero attached hydrogens (tertiary/aromatic N) is 3. The first kappa shape index (κ1) is 21.4. The number of aromatic nitrogens is 1. The van der Waals surface area contributed by atoms with Crippen LogP contribution in [-0.2, 0) is 11.3 Å². The predicted octanol–water partition coefficient (Wildman–Crippen LogP) is 5.20. The molecule has 30 heavy (non-hydrogen) atoms. The van der Waals surface area contributed by atoms with E-state index in [0.717, 1.165) is 68.8 Å². The highest BCUT2D eigenvalue weighted by Crippen LogP contribution is 2.27. The number of halogens is 2. The Morgan fingerprint density at radius 3 is 2.53 bits per heavy atom. The quantitative estimate of drug-likeness (QED) is 0.631. The molecule has 0 saturated carbocycles. The van der Waals surface area contributed by atoms with Crippen LogP contribution in [0.1, 0.15) is 48.0 Å². The van der Waals surface area contributed by atoms with Gasteiger partial charge in [0.1, 0.15) is 5.82 Å². The molecule has 0 aliphatic carbocycles. The van der Waals surface area contributed by atoms with Crippen LogP contribution < -0.4 is 4.90 Å². The normalized spacial score (nSPS) is 17.9. The van der Waals surface area contributed by atoms with Crippen LogP contribution in [0.5, 0.6) is 0 Å². The van der Waals surface area contributed by atoms with Crippen molar-refractivity contribution in [2.75, 3.05) is 31.1 Å². The zero-order chi connectivity index (χ0) is 20.9. The Morgan fingerprint density at radius 2 is 1.80 bits per heavy atom. The molecular weight excluding hydrogens is 421 g/mol. The lowest BCUT2D eigenvalue weighted by Gasteiger charge is -2.34. The second-order valence-electron chi connectivity index (χ2n) is 7.97. The van der Waals surface area contributed by atoms with E-state index in [1.54, 1.807) is 12.3 Å². The fourth-order valence-electron chi connectivity index (χ4n) is 4.16. The van der Waals surface area contributed by atoms with Gasteiger partial charge in [0.05, 0.1) is 28.3 Å². The van der Waals surface area contributed by atoms with Crippen molar-refractivity contribution in [1.82, 2.24) is 9.88 Å². The highest BCUT2D eigenvalue weighted by Gasteiger charge is 2.27. The molecule has 1 aromatic carbocycles. The monoisotopic (exact) mass is 447 g/mol. The van der Waals surface area contributed by atoms with E-state index < -0.39 is 0 Å². The van der Waals surface area contributed by atoms with Crippen LogP contribution in [0.3, 0.4) is 0 Å². The van der Waals surface area contributed by atoms with Gasteiger partial charge in [-0.15, -0.1) is 0 Å². The topological polar surface area (TPSA) is 45.7 Å². The third-order valence-corrected chi connectivity index (χ3v) is 6.61. The molecule has 2 aromatic rings. The van der Waals surface area contributed by atoms with E-state index in [1.165, 1.54) is 6.42 Å². The van der Waals surface area contributed by atoms with Crippen molar-refractivity contribution < 1.29 is 9.53 Å². The Hall–Kier alpha value is -1.82. The number of carbonyl (C=O) groups is 1. The Kier molecular flexibility index (Phi) is 7.13. The summed E-state index contributed by atoms with van der Waals surface area (Å²) in [6, 6.07) is 9.36. The third kappa shape index (κ3) is 5.08. The Morgan fingerprint density at radius 1 is 1.03 bits per heavy atom. The Balaban J connectivity index is 1.35. The predicted molar refractivity (Wildman–Crippen MR) is 120 cm³/mol. The summed E-state index contributed by atoms with van der Waals surface area (Å²) in [6.07, 6.45) is 7.13. The molecule has 1 aromatic heterocycles. The van der Waals surface area contributed by atoms with Gasteiger partial charge >= 0.3 is 0 Å². The molecule has 0 spiro atoms.